The Morgan fingerprint density at radius 1 is 1.30 bits per heavy atom. The monoisotopic (exact) mass is 329 g/mol. The summed E-state index contributed by atoms with van der Waals surface area (Å²) in [5, 5.41) is 13.2. The minimum absolute atomic E-state index is 0.210. The van der Waals surface area contributed by atoms with E-state index in [1.165, 1.54) is 11.8 Å². The number of nitrogens with one attached hydrogen (secondary N) is 1. The Labute approximate surface area is 131 Å². The molecule has 0 bridgehead atoms. The molecule has 7 heteroatoms. The Kier molecular flexibility index (Phi) is 4.51. The smallest absolute Gasteiger partial charge is 0.276 e. The average molecular weight is 330 g/mol. The molecule has 1 saturated heterocycles. The minimum Gasteiger partial charge on any atom is -0.414 e. The van der Waals surface area contributed by atoms with Gasteiger partial charge in [0.2, 0.25) is 5.89 Å². The second-order valence-corrected chi connectivity index (χ2v) is 6.33. The van der Waals surface area contributed by atoms with Crippen molar-refractivity contribution in [2.75, 3.05) is 6.54 Å². The first-order valence-electron chi connectivity index (χ1n) is 6.36. The van der Waals surface area contributed by atoms with Crippen LogP contribution in [0.3, 0.4) is 0 Å². The van der Waals surface area contributed by atoms with E-state index < -0.39 is 0 Å². The molecule has 1 aliphatic heterocycles. The molecular formula is C13H13Cl2N3OS. The van der Waals surface area contributed by atoms with Gasteiger partial charge >= 0.3 is 0 Å². The standard InChI is InChI=1S/C13H13Cl2N3OS/c14-9-4-3-8(6-10(9)15)7-20-13-18-17-12(19-13)11-2-1-5-16-11/h3-4,6,11,16H,1-2,5,7H2/t11-/m1/s1. The van der Waals surface area contributed by atoms with Gasteiger partial charge in [0.15, 0.2) is 0 Å². The third kappa shape index (κ3) is 3.28. The summed E-state index contributed by atoms with van der Waals surface area (Å²) in [7, 11) is 0. The highest BCUT2D eigenvalue weighted by Gasteiger charge is 2.22. The van der Waals surface area contributed by atoms with Crippen LogP contribution in [-0.2, 0) is 5.75 Å². The number of benzene rings is 1. The molecule has 0 spiro atoms. The molecule has 2 heterocycles. The number of nitrogens with zero attached hydrogens (tertiary/aromatic N) is 2. The predicted molar refractivity (Wildman–Crippen MR) is 80.3 cm³/mol. The van der Waals surface area contributed by atoms with Gasteiger partial charge in [-0.05, 0) is 37.1 Å². The zero-order valence-corrected chi connectivity index (χ0v) is 12.9. The highest BCUT2D eigenvalue weighted by atomic mass is 35.5. The summed E-state index contributed by atoms with van der Waals surface area (Å²) >= 11 is 13.4. The van der Waals surface area contributed by atoms with Crippen LogP contribution in [0.4, 0.5) is 0 Å². The van der Waals surface area contributed by atoms with Gasteiger partial charge in [0.05, 0.1) is 16.1 Å². The van der Waals surface area contributed by atoms with Crippen molar-refractivity contribution < 1.29 is 4.42 Å². The van der Waals surface area contributed by atoms with E-state index in [1.807, 2.05) is 12.1 Å². The Morgan fingerprint density at radius 2 is 2.20 bits per heavy atom. The third-order valence-corrected chi connectivity index (χ3v) is 4.76. The molecule has 2 aromatic rings. The van der Waals surface area contributed by atoms with Crippen LogP contribution in [-0.4, -0.2) is 16.7 Å². The lowest BCUT2D eigenvalue weighted by Crippen LogP contribution is -2.12. The molecule has 1 aromatic carbocycles. The van der Waals surface area contributed by atoms with Crippen molar-refractivity contribution in [3.8, 4) is 0 Å². The molecule has 3 rings (SSSR count). The van der Waals surface area contributed by atoms with Gasteiger partial charge in [0, 0.05) is 5.75 Å². The maximum atomic E-state index is 5.98. The van der Waals surface area contributed by atoms with Gasteiger partial charge in [-0.1, -0.05) is 41.0 Å². The van der Waals surface area contributed by atoms with Gasteiger partial charge in [0.1, 0.15) is 0 Å². The van der Waals surface area contributed by atoms with E-state index in [-0.39, 0.29) is 6.04 Å². The van der Waals surface area contributed by atoms with E-state index in [0.717, 1.165) is 30.7 Å². The molecule has 0 saturated carbocycles. The van der Waals surface area contributed by atoms with Crippen molar-refractivity contribution >= 4 is 35.0 Å². The molecular weight excluding hydrogens is 317 g/mol. The van der Waals surface area contributed by atoms with Crippen LogP contribution in [0.5, 0.6) is 0 Å². The average Bonchev–Trinajstić information content (AvgIpc) is 3.09. The van der Waals surface area contributed by atoms with Crippen LogP contribution in [0.1, 0.15) is 30.3 Å². The van der Waals surface area contributed by atoms with Gasteiger partial charge in [-0.15, -0.1) is 10.2 Å². The van der Waals surface area contributed by atoms with E-state index in [2.05, 4.69) is 15.5 Å². The molecule has 0 radical (unpaired) electrons. The molecule has 0 amide bonds. The van der Waals surface area contributed by atoms with Gasteiger partial charge in [-0.3, -0.25) is 0 Å². The number of thioether (sulfide) groups is 1. The maximum Gasteiger partial charge on any atom is 0.276 e. The molecule has 1 aromatic heterocycles. The topological polar surface area (TPSA) is 51.0 Å². The lowest BCUT2D eigenvalue weighted by Gasteiger charge is -2.02. The minimum atomic E-state index is 0.210. The van der Waals surface area contributed by atoms with Crippen molar-refractivity contribution in [1.82, 2.24) is 15.5 Å². The Morgan fingerprint density at radius 3 is 2.95 bits per heavy atom. The van der Waals surface area contributed by atoms with Crippen molar-refractivity contribution in [3.63, 3.8) is 0 Å². The van der Waals surface area contributed by atoms with Gasteiger partial charge in [0.25, 0.3) is 5.22 Å². The van der Waals surface area contributed by atoms with Crippen molar-refractivity contribution in [2.45, 2.75) is 29.9 Å². The third-order valence-electron chi connectivity index (χ3n) is 3.13. The largest absolute Gasteiger partial charge is 0.414 e. The zero-order chi connectivity index (χ0) is 13.9. The number of hydrogen-bond donors (Lipinski definition) is 1. The lowest BCUT2D eigenvalue weighted by molar-refractivity contribution is 0.374. The summed E-state index contributed by atoms with van der Waals surface area (Å²) in [6.45, 7) is 1.01. The van der Waals surface area contributed by atoms with Crippen molar-refractivity contribution in [2.24, 2.45) is 0 Å². The fourth-order valence-electron chi connectivity index (χ4n) is 2.09. The first kappa shape index (κ1) is 14.2. The Bertz CT molecular complexity index is 599. The molecule has 1 fully saturated rings. The summed E-state index contributed by atoms with van der Waals surface area (Å²) in [5.41, 5.74) is 1.07. The van der Waals surface area contributed by atoms with E-state index in [1.54, 1.807) is 6.07 Å². The van der Waals surface area contributed by atoms with Crippen molar-refractivity contribution in [1.29, 1.82) is 0 Å². The second-order valence-electron chi connectivity index (χ2n) is 4.59. The van der Waals surface area contributed by atoms with E-state index in [4.69, 9.17) is 27.6 Å². The highest BCUT2D eigenvalue weighted by molar-refractivity contribution is 7.98. The summed E-state index contributed by atoms with van der Waals surface area (Å²) in [6.07, 6.45) is 2.21. The molecule has 106 valence electrons. The maximum absolute atomic E-state index is 5.98. The molecule has 1 aliphatic rings. The normalized spacial score (nSPS) is 18.6. The van der Waals surface area contributed by atoms with Crippen LogP contribution >= 0.6 is 35.0 Å². The van der Waals surface area contributed by atoms with Crippen LogP contribution in [0.15, 0.2) is 27.8 Å². The molecule has 1 atom stereocenters. The van der Waals surface area contributed by atoms with Crippen LogP contribution in [0.2, 0.25) is 10.0 Å². The van der Waals surface area contributed by atoms with E-state index in [9.17, 15) is 0 Å². The summed E-state index contributed by atoms with van der Waals surface area (Å²) in [5.74, 6) is 1.40. The van der Waals surface area contributed by atoms with E-state index >= 15 is 0 Å². The quantitative estimate of drug-likeness (QED) is 0.856. The zero-order valence-electron chi connectivity index (χ0n) is 10.6. The second kappa shape index (κ2) is 6.35. The fraction of sp³-hybridized carbons (Fsp3) is 0.385. The van der Waals surface area contributed by atoms with Gasteiger partial charge in [-0.2, -0.15) is 0 Å². The molecule has 20 heavy (non-hydrogen) atoms. The Balaban J connectivity index is 1.61. The van der Waals surface area contributed by atoms with Crippen LogP contribution in [0, 0.1) is 0 Å². The summed E-state index contributed by atoms with van der Waals surface area (Å²) < 4.78 is 5.66. The van der Waals surface area contributed by atoms with Crippen LogP contribution in [0.25, 0.3) is 0 Å². The number of rotatable bonds is 4. The lowest BCUT2D eigenvalue weighted by atomic mass is 10.2. The first-order chi connectivity index (χ1) is 9.72. The van der Waals surface area contributed by atoms with Crippen LogP contribution < -0.4 is 5.32 Å². The SMILES string of the molecule is Clc1ccc(CSc2nnc([C@H]3CCCN3)o2)cc1Cl. The highest BCUT2D eigenvalue weighted by Crippen LogP contribution is 2.29. The van der Waals surface area contributed by atoms with Crippen molar-refractivity contribution in [3.05, 3.63) is 39.7 Å². The first-order valence-corrected chi connectivity index (χ1v) is 8.10. The summed E-state index contributed by atoms with van der Waals surface area (Å²) in [4.78, 5) is 0. The number of aromatic nitrogens is 2. The number of hydrogen-bond acceptors (Lipinski definition) is 5. The Hall–Kier alpha value is -0.750. The summed E-state index contributed by atoms with van der Waals surface area (Å²) in [6, 6.07) is 5.80. The fourth-order valence-corrected chi connectivity index (χ4v) is 3.12. The van der Waals surface area contributed by atoms with E-state index in [0.29, 0.717) is 21.2 Å². The molecule has 1 N–H and O–H groups in total. The molecule has 0 unspecified atom stereocenters. The van der Waals surface area contributed by atoms with Gasteiger partial charge in [-0.25, -0.2) is 0 Å². The van der Waals surface area contributed by atoms with Gasteiger partial charge < -0.3 is 9.73 Å². The number of halogens is 2. The predicted octanol–water partition coefficient (Wildman–Crippen LogP) is 4.09. The molecule has 0 aliphatic carbocycles. The molecule has 4 nitrogen and oxygen atoms in total.